The molecule has 0 bridgehead atoms. The Morgan fingerprint density at radius 3 is 2.05 bits per heavy atom. The van der Waals surface area contributed by atoms with Crippen LogP contribution in [0.3, 0.4) is 0 Å². The average molecular weight is 870 g/mol. The minimum atomic E-state index is -0.720. The number of ketones is 1. The molecule has 11 nitrogen and oxygen atoms in total. The summed E-state index contributed by atoms with van der Waals surface area (Å²) in [5.41, 5.74) is 8.47. The molecule has 334 valence electrons. The van der Waals surface area contributed by atoms with Crippen molar-refractivity contribution in [3.63, 3.8) is 0 Å². The van der Waals surface area contributed by atoms with E-state index in [2.05, 4.69) is 65.5 Å². The van der Waals surface area contributed by atoms with E-state index in [-0.39, 0.29) is 48.1 Å². The molecule has 1 N–H and O–H groups in total. The number of aliphatic imine (C=N–C) groups is 1. The van der Waals surface area contributed by atoms with Gasteiger partial charge >= 0.3 is 0 Å². The Balaban J connectivity index is 0.813. The number of ether oxygens (including phenoxy) is 1. The molecule has 1 aliphatic carbocycles. The summed E-state index contributed by atoms with van der Waals surface area (Å²) in [4.78, 5) is 64.0. The van der Waals surface area contributed by atoms with Gasteiger partial charge < -0.3 is 24.4 Å². The minimum absolute atomic E-state index is 0.0264. The molecule has 5 heterocycles. The summed E-state index contributed by atoms with van der Waals surface area (Å²) >= 11 is 0. The number of nitrogens with one attached hydrogen (secondary N) is 1. The van der Waals surface area contributed by atoms with Crippen LogP contribution in [0.1, 0.15) is 91.9 Å². The molecule has 11 heteroatoms. The molecule has 2 amide bonds. The van der Waals surface area contributed by atoms with Crippen LogP contribution >= 0.6 is 0 Å². The molecule has 0 unspecified atom stereocenters. The van der Waals surface area contributed by atoms with Crippen molar-refractivity contribution in [3.8, 4) is 22.4 Å². The number of carbonyl (C=O) groups is 3. The summed E-state index contributed by atoms with van der Waals surface area (Å²) in [5, 5.41) is 0. The largest absolute Gasteiger partial charge is 0.353 e. The number of amides is 2. The molecule has 1 spiro atoms. The van der Waals surface area contributed by atoms with E-state index in [0.717, 1.165) is 108 Å². The first-order valence-electron chi connectivity index (χ1n) is 23.4. The predicted octanol–water partition coefficient (Wildman–Crippen LogP) is 8.70. The van der Waals surface area contributed by atoms with Crippen molar-refractivity contribution in [1.82, 2.24) is 29.6 Å². The summed E-state index contributed by atoms with van der Waals surface area (Å²) in [6, 6.07) is 36.2. The van der Waals surface area contributed by atoms with Gasteiger partial charge in [0.1, 0.15) is 23.4 Å². The maximum atomic E-state index is 15.0. The second kappa shape index (κ2) is 18.1. The van der Waals surface area contributed by atoms with Gasteiger partial charge in [0.15, 0.2) is 0 Å². The van der Waals surface area contributed by atoms with Gasteiger partial charge in [0, 0.05) is 63.1 Å². The van der Waals surface area contributed by atoms with Crippen molar-refractivity contribution in [2.45, 2.75) is 81.1 Å². The lowest BCUT2D eigenvalue weighted by atomic mass is 9.88. The third-order valence-electron chi connectivity index (χ3n) is 14.4. The molecule has 4 aromatic carbocycles. The first-order chi connectivity index (χ1) is 31.7. The van der Waals surface area contributed by atoms with E-state index in [1.54, 1.807) is 0 Å². The van der Waals surface area contributed by atoms with Crippen LogP contribution < -0.4 is 0 Å². The van der Waals surface area contributed by atoms with Crippen LogP contribution in [0.5, 0.6) is 0 Å². The van der Waals surface area contributed by atoms with E-state index in [9.17, 15) is 9.59 Å². The SMILES string of the molecule is CN1CCC2(CC1)OC[C@@H](C1=NC=C(c3ccc(-c4ccc(-c5cnc([C@@H]6CCCN6C(=O)[C@@H](c6ccccc6)N(C)C)[nH]5)cc4)cc3)C1)N2C(=O)[C@H](CC(=O)C1CC1)c1ccccc1. The Kier molecular flexibility index (Phi) is 12.0. The number of allylic oxidation sites excluding steroid dienone is 1. The highest BCUT2D eigenvalue weighted by Crippen LogP contribution is 2.43. The first-order valence-corrected chi connectivity index (χ1v) is 23.4. The summed E-state index contributed by atoms with van der Waals surface area (Å²) in [6.45, 7) is 2.77. The number of carbonyl (C=O) groups excluding carboxylic acids is 3. The number of aromatic nitrogens is 2. The number of likely N-dealkylation sites (N-methyl/N-ethyl adjacent to an activating group) is 1. The smallest absolute Gasteiger partial charge is 0.245 e. The van der Waals surface area contributed by atoms with Crippen LogP contribution in [0.4, 0.5) is 0 Å². The quantitative estimate of drug-likeness (QED) is 0.126. The Morgan fingerprint density at radius 1 is 0.769 bits per heavy atom. The third-order valence-corrected chi connectivity index (χ3v) is 14.4. The fraction of sp³-hybridized carbons (Fsp3) is 0.389. The third kappa shape index (κ3) is 8.65. The lowest BCUT2D eigenvalue weighted by Crippen LogP contribution is -2.58. The first kappa shape index (κ1) is 42.9. The van der Waals surface area contributed by atoms with Gasteiger partial charge in [-0.1, -0.05) is 109 Å². The monoisotopic (exact) mass is 869 g/mol. The van der Waals surface area contributed by atoms with E-state index in [1.807, 2.05) is 102 Å². The van der Waals surface area contributed by atoms with E-state index in [4.69, 9.17) is 14.7 Å². The maximum absolute atomic E-state index is 15.0. The summed E-state index contributed by atoms with van der Waals surface area (Å²) in [7, 11) is 6.03. The zero-order valence-corrected chi connectivity index (χ0v) is 37.7. The number of aromatic amines is 1. The predicted molar refractivity (Wildman–Crippen MR) is 254 cm³/mol. The van der Waals surface area contributed by atoms with E-state index in [0.29, 0.717) is 19.6 Å². The van der Waals surface area contributed by atoms with Crippen molar-refractivity contribution >= 4 is 28.9 Å². The van der Waals surface area contributed by atoms with E-state index >= 15 is 4.79 Å². The number of nitrogens with zero attached hydrogens (tertiary/aromatic N) is 6. The van der Waals surface area contributed by atoms with Crippen molar-refractivity contribution < 1.29 is 19.1 Å². The van der Waals surface area contributed by atoms with Gasteiger partial charge in [-0.3, -0.25) is 24.3 Å². The summed E-state index contributed by atoms with van der Waals surface area (Å²) in [6.07, 6.45) is 9.77. The number of imidazole rings is 1. The molecule has 4 atom stereocenters. The van der Waals surface area contributed by atoms with Crippen LogP contribution in [-0.2, 0) is 19.1 Å². The fourth-order valence-electron chi connectivity index (χ4n) is 10.6. The van der Waals surface area contributed by atoms with Crippen molar-refractivity contribution in [2.75, 3.05) is 47.4 Å². The maximum Gasteiger partial charge on any atom is 0.245 e. The molecule has 65 heavy (non-hydrogen) atoms. The van der Waals surface area contributed by atoms with Crippen molar-refractivity contribution in [1.29, 1.82) is 0 Å². The Bertz CT molecular complexity index is 2570. The van der Waals surface area contributed by atoms with Crippen LogP contribution in [0.2, 0.25) is 0 Å². The molecule has 5 aliphatic rings. The molecule has 1 saturated carbocycles. The highest BCUT2D eigenvalue weighted by Gasteiger charge is 2.54. The van der Waals surface area contributed by atoms with E-state index < -0.39 is 11.6 Å². The molecule has 4 aliphatic heterocycles. The van der Waals surface area contributed by atoms with Crippen LogP contribution in [0, 0.1) is 5.92 Å². The topological polar surface area (TPSA) is 114 Å². The molecule has 5 aromatic rings. The normalized spacial score (nSPS) is 21.7. The summed E-state index contributed by atoms with van der Waals surface area (Å²) in [5.74, 6) is 0.612. The fourth-order valence-corrected chi connectivity index (χ4v) is 10.6. The average Bonchev–Trinajstić information content (AvgIpc) is 3.69. The standard InChI is InChI=1S/C54H59N7O4/c1-58(2)50(42-13-8-5-9-14-42)53(64)60-28-10-15-47(60)51-56-34-46(57-51)40-22-20-37(21-23-40)36-16-18-38(19-17-36)43-31-45(55-33-43)48-35-65-54(26-29-59(3)30-27-54)61(48)52(63)44(32-49(62)41-24-25-41)39-11-6-4-7-12-39/h4-9,11-14,16-23,33-34,41,44,47-48,50H,10,15,24-32,35H2,1-3H3,(H,56,57)/t44-,47+,48+,50-/m1/s1. The number of Topliss-reactive ketones (excluding diaryl/α,β-unsaturated/α-hetero) is 1. The minimum Gasteiger partial charge on any atom is -0.353 e. The molecule has 1 aromatic heterocycles. The highest BCUT2D eigenvalue weighted by molar-refractivity contribution is 6.04. The summed E-state index contributed by atoms with van der Waals surface area (Å²) < 4.78 is 6.72. The van der Waals surface area contributed by atoms with Gasteiger partial charge in [0.25, 0.3) is 0 Å². The number of hydrogen-bond acceptors (Lipinski definition) is 8. The molecule has 0 radical (unpaired) electrons. The molecular weight excluding hydrogens is 811 g/mol. The van der Waals surface area contributed by atoms with E-state index in [1.165, 1.54) is 0 Å². The number of hydrogen-bond donors (Lipinski definition) is 1. The number of H-pyrrole nitrogens is 1. The number of likely N-dealkylation sites (tertiary alicyclic amines) is 2. The zero-order chi connectivity index (χ0) is 44.7. The van der Waals surface area contributed by atoms with Gasteiger partial charge in [-0.2, -0.15) is 0 Å². The molecule has 4 fully saturated rings. The molecule has 10 rings (SSSR count). The van der Waals surface area contributed by atoms with Crippen molar-refractivity contribution in [2.24, 2.45) is 10.9 Å². The van der Waals surface area contributed by atoms with Crippen LogP contribution in [0.25, 0.3) is 28.0 Å². The van der Waals surface area contributed by atoms with Gasteiger partial charge in [-0.15, -0.1) is 0 Å². The highest BCUT2D eigenvalue weighted by atomic mass is 16.5. The molecule has 3 saturated heterocycles. The number of piperidine rings is 1. The zero-order valence-electron chi connectivity index (χ0n) is 37.7. The van der Waals surface area contributed by atoms with Gasteiger partial charge in [0.2, 0.25) is 11.8 Å². The van der Waals surface area contributed by atoms with Crippen LogP contribution in [-0.4, -0.2) is 112 Å². The molecular formula is C54H59N7O4. The van der Waals surface area contributed by atoms with Crippen LogP contribution in [0.15, 0.2) is 127 Å². The van der Waals surface area contributed by atoms with Crippen molar-refractivity contribution in [3.05, 3.63) is 144 Å². The lowest BCUT2D eigenvalue weighted by molar-refractivity contribution is -0.161. The van der Waals surface area contributed by atoms with Gasteiger partial charge in [0.05, 0.1) is 36.5 Å². The van der Waals surface area contributed by atoms with Gasteiger partial charge in [-0.25, -0.2) is 4.98 Å². The second-order valence-electron chi connectivity index (χ2n) is 18.9. The van der Waals surface area contributed by atoms with Gasteiger partial charge in [-0.05, 0) is 85.8 Å². The second-order valence-corrected chi connectivity index (χ2v) is 18.9. The Hall–Kier alpha value is -6.01. The lowest BCUT2D eigenvalue weighted by Gasteiger charge is -2.45. The Morgan fingerprint density at radius 2 is 1.40 bits per heavy atom. The number of benzene rings is 4. The Labute approximate surface area is 382 Å². The number of rotatable bonds is 13.